The summed E-state index contributed by atoms with van der Waals surface area (Å²) in [5, 5.41) is 0. The Kier molecular flexibility index (Phi) is 18.8. The molecule has 0 saturated carbocycles. The number of benzene rings is 6. The van der Waals surface area contributed by atoms with E-state index in [9.17, 15) is 0 Å². The fourth-order valence-electron chi connectivity index (χ4n) is 5.00. The molecule has 0 amide bonds. The Balaban J connectivity index is 0.000000284. The third-order valence-electron chi connectivity index (χ3n) is 7.34. The Morgan fingerprint density at radius 1 is 0.583 bits per heavy atom. The second kappa shape index (κ2) is 22.5. The zero-order valence-corrected chi connectivity index (χ0v) is 30.6. The Labute approximate surface area is 312 Å². The number of aryl methyl sites for hydroxylation is 2. The molecule has 0 aliphatic heterocycles. The normalized spacial score (nSPS) is 10.6. The summed E-state index contributed by atoms with van der Waals surface area (Å²) in [6, 6.07) is 57.6. The van der Waals surface area contributed by atoms with Crippen LogP contribution in [0, 0.1) is 38.1 Å². The Hall–Kier alpha value is -4.04. The SMILES string of the molecule is Cc1cc[c-]cc1.Cc1cc[c-]cc1.Cl.Cl.[C-]1=CC=CC1.[CH2]=[Ti].[c-]1c(-c2ccccc2)ccc2c1Cc1cc(-c3ccccc3)ccc1-2. The van der Waals surface area contributed by atoms with Crippen LogP contribution in [0.25, 0.3) is 33.4 Å². The van der Waals surface area contributed by atoms with Gasteiger partial charge in [-0.3, -0.25) is 6.08 Å². The van der Waals surface area contributed by atoms with Gasteiger partial charge in [-0.25, -0.2) is 12.2 Å². The van der Waals surface area contributed by atoms with Gasteiger partial charge in [0, 0.05) is 0 Å². The van der Waals surface area contributed by atoms with E-state index >= 15 is 0 Å². The van der Waals surface area contributed by atoms with Crippen LogP contribution in [-0.4, -0.2) is 4.82 Å². The molecule has 0 saturated heterocycles. The molecule has 0 fully saturated rings. The minimum Gasteiger partial charge on any atom is -0.143 e. The number of hydrogen-bond acceptors (Lipinski definition) is 0. The van der Waals surface area contributed by atoms with Crippen molar-refractivity contribution in [1.82, 2.24) is 0 Å². The minimum atomic E-state index is 0. The molecule has 2 aliphatic carbocycles. The second-order valence-corrected chi connectivity index (χ2v) is 10.7. The van der Waals surface area contributed by atoms with E-state index in [4.69, 9.17) is 0 Å². The molecule has 0 heterocycles. The maximum absolute atomic E-state index is 3.65. The van der Waals surface area contributed by atoms with E-state index in [1.54, 1.807) is 20.0 Å². The monoisotopic (exact) mass is 698 g/mol. The van der Waals surface area contributed by atoms with Gasteiger partial charge in [-0.05, 0) is 23.1 Å². The molecule has 0 N–H and O–H groups in total. The fourth-order valence-corrected chi connectivity index (χ4v) is 5.00. The topological polar surface area (TPSA) is 0 Å². The molecule has 0 atom stereocenters. The minimum absolute atomic E-state index is 0. The summed E-state index contributed by atoms with van der Waals surface area (Å²) in [6.45, 7) is 4.13. The molecule has 2 aliphatic rings. The van der Waals surface area contributed by atoms with Gasteiger partial charge in [0.05, 0.1) is 0 Å². The molecule has 3 heteroatoms. The molecule has 0 bridgehead atoms. The third kappa shape index (κ3) is 12.5. The van der Waals surface area contributed by atoms with E-state index in [0.29, 0.717) is 0 Å². The van der Waals surface area contributed by atoms with Crippen molar-refractivity contribution in [3.05, 3.63) is 204 Å². The first-order valence-corrected chi connectivity index (χ1v) is 16.5. The van der Waals surface area contributed by atoms with Crippen LogP contribution in [0.2, 0.25) is 0 Å². The summed E-state index contributed by atoms with van der Waals surface area (Å²) in [5.74, 6) is 0. The smallest absolute Gasteiger partial charge is 0.0181 e. The molecule has 0 nitrogen and oxygen atoms in total. The van der Waals surface area contributed by atoms with E-state index in [-0.39, 0.29) is 24.8 Å². The van der Waals surface area contributed by atoms with E-state index in [1.165, 1.54) is 55.6 Å². The van der Waals surface area contributed by atoms with Crippen LogP contribution in [0.15, 0.2) is 158 Å². The average molecular weight is 700 g/mol. The van der Waals surface area contributed by atoms with Crippen molar-refractivity contribution in [2.24, 2.45) is 0 Å². The number of rotatable bonds is 2. The molecule has 242 valence electrons. The molecule has 8 rings (SSSR count). The molecule has 0 radical (unpaired) electrons. The summed E-state index contributed by atoms with van der Waals surface area (Å²) in [4.78, 5) is 3.25. The van der Waals surface area contributed by atoms with E-state index < -0.39 is 0 Å². The molecule has 6 aromatic rings. The van der Waals surface area contributed by atoms with Crippen LogP contribution in [0.3, 0.4) is 0 Å². The summed E-state index contributed by atoms with van der Waals surface area (Å²) in [6.07, 6.45) is 11.0. The second-order valence-electron chi connectivity index (χ2n) is 10.7. The number of allylic oxidation sites excluding steroid dienone is 4. The number of hydrogen-bond donors (Lipinski definition) is 0. The Bertz CT molecular complexity index is 1680. The van der Waals surface area contributed by atoms with Gasteiger partial charge in [-0.1, -0.05) is 109 Å². The van der Waals surface area contributed by atoms with Gasteiger partial charge in [0.25, 0.3) is 0 Å². The van der Waals surface area contributed by atoms with Crippen LogP contribution in [0.4, 0.5) is 0 Å². The number of fused-ring (bicyclic) bond motifs is 3. The molecule has 0 aromatic heterocycles. The molecular weight excluding hydrogens is 659 g/mol. The molecule has 6 aromatic carbocycles. The molecule has 0 spiro atoms. The van der Waals surface area contributed by atoms with E-state index in [1.807, 2.05) is 60.7 Å². The first kappa shape index (κ1) is 40.1. The van der Waals surface area contributed by atoms with Gasteiger partial charge in [-0.2, -0.15) is 77.9 Å². The maximum atomic E-state index is 3.65. The standard InChI is InChI=1S/C25H17.2C7H7.C5H5.CH2.2ClH.Ti/c1-3-7-18(8-4-1)20-11-13-24-22(15-20)17-23-16-21(12-14-25(23)24)19-9-5-2-6-10-19;2*1-7-5-3-2-4-6-7;1-2-4-5-3-1;;;;/h1-15H,17H2;2*3-6H,1H3;1-3H,4H2;1H2;2*1H;/q4*-1;;;;. The van der Waals surface area contributed by atoms with Gasteiger partial charge in [0.2, 0.25) is 0 Å². The Morgan fingerprint density at radius 3 is 1.58 bits per heavy atom. The van der Waals surface area contributed by atoms with Gasteiger partial charge >= 0.3 is 24.8 Å². The fraction of sp³-hybridized carbons (Fsp3) is 0.0889. The van der Waals surface area contributed by atoms with Crippen molar-refractivity contribution in [3.63, 3.8) is 0 Å². The number of halogens is 2. The summed E-state index contributed by atoms with van der Waals surface area (Å²) in [5.41, 5.74) is 12.9. The average Bonchev–Trinajstić information content (AvgIpc) is 3.83. The summed E-state index contributed by atoms with van der Waals surface area (Å²) >= 11 is 1.75. The van der Waals surface area contributed by atoms with Crippen molar-refractivity contribution >= 4 is 29.6 Å². The van der Waals surface area contributed by atoms with Crippen molar-refractivity contribution in [1.29, 1.82) is 0 Å². The van der Waals surface area contributed by atoms with Crippen molar-refractivity contribution in [2.45, 2.75) is 26.7 Å². The van der Waals surface area contributed by atoms with Crippen LogP contribution in [0.1, 0.15) is 28.7 Å². The summed E-state index contributed by atoms with van der Waals surface area (Å²) in [7, 11) is 0. The molecule has 48 heavy (non-hydrogen) atoms. The predicted molar refractivity (Wildman–Crippen MR) is 208 cm³/mol. The summed E-state index contributed by atoms with van der Waals surface area (Å²) < 4.78 is 0. The van der Waals surface area contributed by atoms with Crippen molar-refractivity contribution in [2.75, 3.05) is 0 Å². The van der Waals surface area contributed by atoms with Crippen LogP contribution >= 0.6 is 24.8 Å². The first-order valence-electron chi connectivity index (χ1n) is 15.4. The predicted octanol–water partition coefficient (Wildman–Crippen LogP) is 12.1. The first-order chi connectivity index (χ1) is 22.7. The van der Waals surface area contributed by atoms with Crippen molar-refractivity contribution < 1.29 is 20.0 Å². The quantitative estimate of drug-likeness (QED) is 0.124. The molecule has 0 unspecified atom stereocenters. The van der Waals surface area contributed by atoms with Crippen LogP contribution < -0.4 is 0 Å². The van der Waals surface area contributed by atoms with Gasteiger partial charge in [-0.15, -0.1) is 60.6 Å². The zero-order chi connectivity index (χ0) is 32.4. The van der Waals surface area contributed by atoms with E-state index in [2.05, 4.69) is 140 Å². The maximum Gasteiger partial charge on any atom is -0.0181 e. The Morgan fingerprint density at radius 2 is 1.12 bits per heavy atom. The van der Waals surface area contributed by atoms with Gasteiger partial charge < -0.3 is 0 Å². The van der Waals surface area contributed by atoms with Crippen molar-refractivity contribution in [3.8, 4) is 33.4 Å². The zero-order valence-electron chi connectivity index (χ0n) is 27.4. The third-order valence-corrected chi connectivity index (χ3v) is 7.34. The van der Waals surface area contributed by atoms with Crippen LogP contribution in [-0.2, 0) is 26.4 Å². The van der Waals surface area contributed by atoms with Gasteiger partial charge in [0.15, 0.2) is 0 Å². The van der Waals surface area contributed by atoms with E-state index in [0.717, 1.165) is 12.8 Å². The molecular formula is C45H40Cl2Ti-4. The van der Waals surface area contributed by atoms with Gasteiger partial charge in [0.1, 0.15) is 0 Å². The largest absolute Gasteiger partial charge is 0.143 e. The van der Waals surface area contributed by atoms with Crippen LogP contribution in [0.5, 0.6) is 0 Å².